The zero-order valence-electron chi connectivity index (χ0n) is 26.5. The number of benzene rings is 8. The first-order chi connectivity index (χ1) is 23.7. The van der Waals surface area contributed by atoms with E-state index in [4.69, 9.17) is 4.74 Å². The SMILES string of the molecule is Cc1cccc(N(c2ccc3ccccc3c2)c2cccc3c2-c2ccccc2C32c3ccccc3Oc3c2ccc2ccccc32)c1. The van der Waals surface area contributed by atoms with Crippen molar-refractivity contribution in [3.8, 4) is 22.6 Å². The molecule has 0 amide bonds. The fraction of sp³-hybridized carbons (Fsp3) is 0.0435. The average molecular weight is 614 g/mol. The summed E-state index contributed by atoms with van der Waals surface area (Å²) >= 11 is 0. The Morgan fingerprint density at radius 2 is 1.17 bits per heavy atom. The Morgan fingerprint density at radius 3 is 2.06 bits per heavy atom. The van der Waals surface area contributed by atoms with Gasteiger partial charge in [-0.05, 0) is 81.7 Å². The normalized spacial score (nSPS) is 15.4. The molecular formula is C46H31NO. The lowest BCUT2D eigenvalue weighted by atomic mass is 9.65. The van der Waals surface area contributed by atoms with E-state index in [2.05, 4.69) is 182 Å². The van der Waals surface area contributed by atoms with E-state index in [0.29, 0.717) is 0 Å². The molecule has 0 radical (unpaired) electrons. The third kappa shape index (κ3) is 3.69. The van der Waals surface area contributed by atoms with Gasteiger partial charge in [0.05, 0.1) is 11.1 Å². The molecule has 8 aromatic carbocycles. The number of hydrogen-bond donors (Lipinski definition) is 0. The molecule has 8 aromatic rings. The summed E-state index contributed by atoms with van der Waals surface area (Å²) < 4.78 is 6.87. The molecule has 0 aromatic heterocycles. The van der Waals surface area contributed by atoms with E-state index >= 15 is 0 Å². The van der Waals surface area contributed by atoms with Gasteiger partial charge in [-0.2, -0.15) is 0 Å². The van der Waals surface area contributed by atoms with Gasteiger partial charge in [-0.3, -0.25) is 0 Å². The predicted molar refractivity (Wildman–Crippen MR) is 198 cm³/mol. The van der Waals surface area contributed by atoms with E-state index in [1.54, 1.807) is 0 Å². The minimum atomic E-state index is -0.558. The Kier molecular flexibility index (Phi) is 5.74. The van der Waals surface area contributed by atoms with Gasteiger partial charge in [-0.1, -0.05) is 133 Å². The van der Waals surface area contributed by atoms with Crippen molar-refractivity contribution in [2.45, 2.75) is 12.3 Å². The van der Waals surface area contributed by atoms with Crippen molar-refractivity contribution in [2.75, 3.05) is 4.90 Å². The molecule has 10 rings (SSSR count). The van der Waals surface area contributed by atoms with Gasteiger partial charge in [-0.25, -0.2) is 0 Å². The van der Waals surface area contributed by atoms with Crippen LogP contribution in [-0.4, -0.2) is 0 Å². The molecule has 0 saturated heterocycles. The largest absolute Gasteiger partial charge is 0.456 e. The molecule has 48 heavy (non-hydrogen) atoms. The van der Waals surface area contributed by atoms with Crippen LogP contribution in [-0.2, 0) is 5.41 Å². The highest BCUT2D eigenvalue weighted by Gasteiger charge is 2.52. The fourth-order valence-corrected chi connectivity index (χ4v) is 8.35. The Balaban J connectivity index is 1.33. The predicted octanol–water partition coefficient (Wildman–Crippen LogP) is 12.2. The van der Waals surface area contributed by atoms with Crippen LogP contribution in [0, 0.1) is 6.92 Å². The van der Waals surface area contributed by atoms with Crippen molar-refractivity contribution in [1.82, 2.24) is 0 Å². The third-order valence-electron chi connectivity index (χ3n) is 10.3. The van der Waals surface area contributed by atoms with Crippen LogP contribution in [0.4, 0.5) is 17.1 Å². The summed E-state index contributed by atoms with van der Waals surface area (Å²) in [5.41, 5.74) is 11.5. The van der Waals surface area contributed by atoms with E-state index in [0.717, 1.165) is 33.9 Å². The highest BCUT2D eigenvalue weighted by molar-refractivity contribution is 6.01. The quantitative estimate of drug-likeness (QED) is 0.197. The van der Waals surface area contributed by atoms with Crippen molar-refractivity contribution in [2.24, 2.45) is 0 Å². The number of para-hydroxylation sites is 1. The van der Waals surface area contributed by atoms with Gasteiger partial charge in [0.1, 0.15) is 11.5 Å². The van der Waals surface area contributed by atoms with Crippen molar-refractivity contribution in [3.63, 3.8) is 0 Å². The molecule has 1 spiro atoms. The average Bonchev–Trinajstić information content (AvgIpc) is 3.43. The number of aryl methyl sites for hydroxylation is 1. The summed E-state index contributed by atoms with van der Waals surface area (Å²) in [4.78, 5) is 2.45. The summed E-state index contributed by atoms with van der Waals surface area (Å²) in [7, 11) is 0. The Bertz CT molecular complexity index is 2580. The Labute approximate surface area is 280 Å². The second-order valence-corrected chi connectivity index (χ2v) is 13.0. The first-order valence-electron chi connectivity index (χ1n) is 16.6. The number of nitrogens with zero attached hydrogens (tertiary/aromatic N) is 1. The lowest BCUT2D eigenvalue weighted by Gasteiger charge is -2.40. The van der Waals surface area contributed by atoms with Crippen LogP contribution in [0.5, 0.6) is 11.5 Å². The molecule has 2 nitrogen and oxygen atoms in total. The van der Waals surface area contributed by atoms with Gasteiger partial charge < -0.3 is 9.64 Å². The maximum Gasteiger partial charge on any atom is 0.140 e. The van der Waals surface area contributed by atoms with Gasteiger partial charge >= 0.3 is 0 Å². The second kappa shape index (κ2) is 10.2. The summed E-state index contributed by atoms with van der Waals surface area (Å²) in [6, 6.07) is 61.9. The van der Waals surface area contributed by atoms with Crippen molar-refractivity contribution in [3.05, 3.63) is 198 Å². The number of ether oxygens (including phenoxy) is 1. The maximum atomic E-state index is 6.87. The zero-order chi connectivity index (χ0) is 31.8. The highest BCUT2D eigenvalue weighted by Crippen LogP contribution is 2.64. The van der Waals surface area contributed by atoms with Gasteiger partial charge in [0, 0.05) is 33.5 Å². The lowest BCUT2D eigenvalue weighted by Crippen LogP contribution is -2.32. The standard InChI is InChI=1S/C46H31NO/c1-30-12-10-16-34(28-30)47(35-26-24-31-13-2-3-15-33(31)29-35)42-22-11-21-40-44(42)37-18-6-7-19-38(37)46(40)39-20-8-9-23-43(39)48-45-36-17-5-4-14-32(36)25-27-41(45)46/h2-29H,1H3. The summed E-state index contributed by atoms with van der Waals surface area (Å²) in [5.74, 6) is 1.84. The molecular weight excluding hydrogens is 583 g/mol. The van der Waals surface area contributed by atoms with Crippen molar-refractivity contribution >= 4 is 38.6 Å². The van der Waals surface area contributed by atoms with Gasteiger partial charge in [0.25, 0.3) is 0 Å². The number of hydrogen-bond acceptors (Lipinski definition) is 2. The summed E-state index contributed by atoms with van der Waals surface area (Å²) in [6.07, 6.45) is 0. The van der Waals surface area contributed by atoms with Gasteiger partial charge in [-0.15, -0.1) is 0 Å². The van der Waals surface area contributed by atoms with E-state index in [1.165, 1.54) is 55.1 Å². The molecule has 2 aliphatic rings. The topological polar surface area (TPSA) is 12.5 Å². The molecule has 1 heterocycles. The molecule has 2 heteroatoms. The molecule has 1 unspecified atom stereocenters. The van der Waals surface area contributed by atoms with Crippen LogP contribution in [0.1, 0.15) is 27.8 Å². The van der Waals surface area contributed by atoms with Crippen molar-refractivity contribution < 1.29 is 4.74 Å². The minimum Gasteiger partial charge on any atom is -0.456 e. The van der Waals surface area contributed by atoms with E-state index in [9.17, 15) is 0 Å². The zero-order valence-corrected chi connectivity index (χ0v) is 26.5. The fourth-order valence-electron chi connectivity index (χ4n) is 8.35. The first kappa shape index (κ1) is 27.0. The molecule has 1 aliphatic heterocycles. The van der Waals surface area contributed by atoms with Crippen LogP contribution >= 0.6 is 0 Å². The minimum absolute atomic E-state index is 0.558. The number of rotatable bonds is 3. The van der Waals surface area contributed by atoms with Gasteiger partial charge in [0.15, 0.2) is 0 Å². The summed E-state index contributed by atoms with van der Waals surface area (Å²) in [5, 5.41) is 4.75. The van der Waals surface area contributed by atoms with Crippen molar-refractivity contribution in [1.29, 1.82) is 0 Å². The van der Waals surface area contributed by atoms with Crippen LogP contribution in [0.15, 0.2) is 170 Å². The molecule has 0 bridgehead atoms. The number of fused-ring (bicyclic) bond motifs is 12. The van der Waals surface area contributed by atoms with E-state index in [-0.39, 0.29) is 0 Å². The van der Waals surface area contributed by atoms with Crippen LogP contribution in [0.2, 0.25) is 0 Å². The Morgan fingerprint density at radius 1 is 0.479 bits per heavy atom. The molecule has 1 aliphatic carbocycles. The third-order valence-corrected chi connectivity index (χ3v) is 10.3. The smallest absolute Gasteiger partial charge is 0.140 e. The maximum absolute atomic E-state index is 6.87. The molecule has 226 valence electrons. The van der Waals surface area contributed by atoms with E-state index < -0.39 is 5.41 Å². The Hall–Kier alpha value is -6.12. The van der Waals surface area contributed by atoms with Crippen LogP contribution < -0.4 is 9.64 Å². The molecule has 0 fully saturated rings. The van der Waals surface area contributed by atoms with Crippen LogP contribution in [0.3, 0.4) is 0 Å². The van der Waals surface area contributed by atoms with Gasteiger partial charge in [0.2, 0.25) is 0 Å². The molecule has 1 atom stereocenters. The summed E-state index contributed by atoms with van der Waals surface area (Å²) in [6.45, 7) is 2.17. The van der Waals surface area contributed by atoms with Crippen LogP contribution in [0.25, 0.3) is 32.7 Å². The monoisotopic (exact) mass is 613 g/mol. The number of anilines is 3. The highest BCUT2D eigenvalue weighted by atomic mass is 16.5. The lowest BCUT2D eigenvalue weighted by molar-refractivity contribution is 0.441. The second-order valence-electron chi connectivity index (χ2n) is 13.0. The first-order valence-corrected chi connectivity index (χ1v) is 16.6. The molecule has 0 saturated carbocycles. The molecule has 0 N–H and O–H groups in total. The van der Waals surface area contributed by atoms with E-state index in [1.807, 2.05) is 0 Å².